The van der Waals surface area contributed by atoms with Gasteiger partial charge in [-0.1, -0.05) is 6.42 Å². The Kier molecular flexibility index (Phi) is 8.03. The summed E-state index contributed by atoms with van der Waals surface area (Å²) in [6.45, 7) is 0.0417. The average Bonchev–Trinajstić information content (AvgIpc) is 2.95. The zero-order valence-electron chi connectivity index (χ0n) is 12.5. The quantitative estimate of drug-likeness (QED) is 0.330. The van der Waals surface area contributed by atoms with Crippen LogP contribution in [-0.4, -0.2) is 64.9 Å². The third-order valence-corrected chi connectivity index (χ3v) is 4.90. The van der Waals surface area contributed by atoms with Crippen LogP contribution in [0.5, 0.6) is 0 Å². The van der Waals surface area contributed by atoms with Gasteiger partial charge in [0.15, 0.2) is 0 Å². The molecule has 3 atom stereocenters. The largest absolute Gasteiger partial charge is 0.481 e. The predicted molar refractivity (Wildman–Crippen MR) is 83.2 cm³/mol. The second kappa shape index (κ2) is 9.52. The molecule has 2 saturated heterocycles. The van der Waals surface area contributed by atoms with Gasteiger partial charge >= 0.3 is 18.0 Å². The van der Waals surface area contributed by atoms with E-state index in [1.807, 2.05) is 11.8 Å². The van der Waals surface area contributed by atoms with Crippen LogP contribution < -0.4 is 16.0 Å². The number of likely N-dealkylation sites (N-methyl/N-ethyl adjacent to an activating group) is 1. The molecule has 5 N–H and O–H groups in total. The van der Waals surface area contributed by atoms with Gasteiger partial charge in [-0.2, -0.15) is 11.8 Å². The molecule has 22 heavy (non-hydrogen) atoms. The summed E-state index contributed by atoms with van der Waals surface area (Å²) in [6.07, 6.45) is 2.88. The number of carbonyl (C=O) groups is 3. The fourth-order valence-corrected chi connectivity index (χ4v) is 3.96. The van der Waals surface area contributed by atoms with Crippen molar-refractivity contribution < 1.29 is 24.6 Å². The summed E-state index contributed by atoms with van der Waals surface area (Å²) in [5.41, 5.74) is 0. The van der Waals surface area contributed by atoms with Gasteiger partial charge in [-0.05, 0) is 19.9 Å². The standard InChI is InChI=1S/C10H16N2O3S.C3H7NO2/c13-8(14)4-2-1-3-7-9-6(5-16-7)11-10(15)12-9;1-4-2-3(5)6/h6-7,9H,1-5H2,(H,13,14)(H2,11,12,15);4H,2H2,1H3,(H,5,6)/t6-,7-,9-;/m0./s1. The highest BCUT2D eigenvalue weighted by Crippen LogP contribution is 2.33. The third-order valence-electron chi connectivity index (χ3n) is 3.40. The summed E-state index contributed by atoms with van der Waals surface area (Å²) in [6, 6.07) is 0.440. The molecule has 2 fully saturated rings. The first-order chi connectivity index (χ1) is 10.4. The maximum Gasteiger partial charge on any atom is 0.317 e. The van der Waals surface area contributed by atoms with Crippen molar-refractivity contribution >= 4 is 29.7 Å². The number of urea groups is 1. The lowest BCUT2D eigenvalue weighted by Gasteiger charge is -2.16. The molecule has 2 aliphatic rings. The third kappa shape index (κ3) is 6.52. The molecular weight excluding hydrogens is 310 g/mol. The molecule has 126 valence electrons. The normalized spacial score (nSPS) is 25.5. The van der Waals surface area contributed by atoms with Crippen LogP contribution in [0.3, 0.4) is 0 Å². The zero-order chi connectivity index (χ0) is 16.5. The first-order valence-electron chi connectivity index (χ1n) is 7.21. The van der Waals surface area contributed by atoms with E-state index in [2.05, 4.69) is 16.0 Å². The van der Waals surface area contributed by atoms with Gasteiger partial charge in [-0.3, -0.25) is 9.59 Å². The maximum absolute atomic E-state index is 11.1. The molecule has 2 heterocycles. The Morgan fingerprint density at radius 3 is 2.55 bits per heavy atom. The van der Waals surface area contributed by atoms with Crippen molar-refractivity contribution in [1.82, 2.24) is 16.0 Å². The zero-order valence-corrected chi connectivity index (χ0v) is 13.3. The van der Waals surface area contributed by atoms with Crippen LogP contribution in [0.2, 0.25) is 0 Å². The first-order valence-corrected chi connectivity index (χ1v) is 8.25. The molecule has 2 aliphatic heterocycles. The van der Waals surface area contributed by atoms with E-state index in [0.717, 1.165) is 25.0 Å². The molecular formula is C13H23N3O5S. The number of hydrogen-bond acceptors (Lipinski definition) is 5. The maximum atomic E-state index is 11.1. The fourth-order valence-electron chi connectivity index (χ4n) is 2.42. The molecule has 0 saturated carbocycles. The van der Waals surface area contributed by atoms with Crippen molar-refractivity contribution in [1.29, 1.82) is 0 Å². The van der Waals surface area contributed by atoms with E-state index in [-0.39, 0.29) is 31.1 Å². The van der Waals surface area contributed by atoms with Crippen LogP contribution in [-0.2, 0) is 9.59 Å². The Morgan fingerprint density at radius 1 is 1.27 bits per heavy atom. The molecule has 0 aromatic rings. The number of fused-ring (bicyclic) bond motifs is 1. The number of hydrogen-bond donors (Lipinski definition) is 5. The Morgan fingerprint density at radius 2 is 2.00 bits per heavy atom. The SMILES string of the molecule is CNCC(=O)O.O=C(O)CCCC[C@@H]1SC[C@@H]2NC(=O)N[C@@H]21. The molecule has 2 amide bonds. The van der Waals surface area contributed by atoms with E-state index in [1.165, 1.54) is 0 Å². The highest BCUT2D eigenvalue weighted by atomic mass is 32.2. The number of rotatable bonds is 7. The lowest BCUT2D eigenvalue weighted by Crippen LogP contribution is -2.36. The first kappa shape index (κ1) is 18.6. The Bertz CT molecular complexity index is 407. The summed E-state index contributed by atoms with van der Waals surface area (Å²) >= 11 is 1.87. The van der Waals surface area contributed by atoms with Gasteiger partial charge < -0.3 is 26.2 Å². The fraction of sp³-hybridized carbons (Fsp3) is 0.769. The smallest absolute Gasteiger partial charge is 0.317 e. The van der Waals surface area contributed by atoms with E-state index in [9.17, 15) is 14.4 Å². The lowest BCUT2D eigenvalue weighted by atomic mass is 10.0. The summed E-state index contributed by atoms with van der Waals surface area (Å²) < 4.78 is 0. The molecule has 0 aromatic heterocycles. The number of aliphatic carboxylic acids is 2. The second-order valence-electron chi connectivity index (χ2n) is 5.19. The second-order valence-corrected chi connectivity index (χ2v) is 6.46. The summed E-state index contributed by atoms with van der Waals surface area (Å²) in [7, 11) is 1.59. The number of carbonyl (C=O) groups excluding carboxylic acids is 1. The average molecular weight is 333 g/mol. The molecule has 9 heteroatoms. The van der Waals surface area contributed by atoms with Gasteiger partial charge in [0.2, 0.25) is 0 Å². The summed E-state index contributed by atoms with van der Waals surface area (Å²) in [4.78, 5) is 31.0. The minimum Gasteiger partial charge on any atom is -0.481 e. The van der Waals surface area contributed by atoms with Crippen LogP contribution in [0.15, 0.2) is 0 Å². The topological polar surface area (TPSA) is 128 Å². The molecule has 0 radical (unpaired) electrons. The van der Waals surface area contributed by atoms with Gasteiger partial charge in [0.1, 0.15) is 0 Å². The number of carboxylic acids is 2. The molecule has 0 aromatic carbocycles. The van der Waals surface area contributed by atoms with Crippen molar-refractivity contribution in [3.63, 3.8) is 0 Å². The van der Waals surface area contributed by atoms with Crippen LogP contribution in [0.1, 0.15) is 25.7 Å². The molecule has 0 unspecified atom stereocenters. The van der Waals surface area contributed by atoms with Crippen molar-refractivity contribution in [2.24, 2.45) is 0 Å². The molecule has 0 aliphatic carbocycles. The minimum atomic E-state index is -0.822. The van der Waals surface area contributed by atoms with E-state index in [0.29, 0.717) is 5.25 Å². The minimum absolute atomic E-state index is 0.0417. The van der Waals surface area contributed by atoms with Crippen molar-refractivity contribution in [2.45, 2.75) is 43.0 Å². The van der Waals surface area contributed by atoms with Crippen molar-refractivity contribution in [2.75, 3.05) is 19.3 Å². The van der Waals surface area contributed by atoms with Gasteiger partial charge in [0.05, 0.1) is 18.6 Å². The Labute approximate surface area is 133 Å². The van der Waals surface area contributed by atoms with Crippen molar-refractivity contribution in [3.8, 4) is 0 Å². The molecule has 2 rings (SSSR count). The van der Waals surface area contributed by atoms with Crippen LogP contribution in [0, 0.1) is 0 Å². The molecule has 8 nitrogen and oxygen atoms in total. The molecule has 0 spiro atoms. The van der Waals surface area contributed by atoms with E-state index in [4.69, 9.17) is 10.2 Å². The Hall–Kier alpha value is -1.48. The van der Waals surface area contributed by atoms with Crippen LogP contribution in [0.25, 0.3) is 0 Å². The highest BCUT2D eigenvalue weighted by molar-refractivity contribution is 8.00. The number of unbranched alkanes of at least 4 members (excludes halogenated alkanes) is 1. The van der Waals surface area contributed by atoms with Gasteiger partial charge in [-0.15, -0.1) is 0 Å². The monoisotopic (exact) mass is 333 g/mol. The van der Waals surface area contributed by atoms with Crippen LogP contribution in [0.4, 0.5) is 4.79 Å². The van der Waals surface area contributed by atoms with E-state index < -0.39 is 11.9 Å². The van der Waals surface area contributed by atoms with E-state index >= 15 is 0 Å². The number of carboxylic acid groups (broad SMARTS) is 2. The highest BCUT2D eigenvalue weighted by Gasteiger charge is 2.42. The van der Waals surface area contributed by atoms with Gasteiger partial charge in [-0.25, -0.2) is 4.79 Å². The van der Waals surface area contributed by atoms with E-state index in [1.54, 1.807) is 7.05 Å². The number of nitrogens with one attached hydrogen (secondary N) is 3. The molecule has 0 bridgehead atoms. The van der Waals surface area contributed by atoms with Gasteiger partial charge in [0, 0.05) is 17.4 Å². The number of thioether (sulfide) groups is 1. The van der Waals surface area contributed by atoms with Gasteiger partial charge in [0.25, 0.3) is 0 Å². The number of amides is 2. The Balaban J connectivity index is 0.000000346. The summed E-state index contributed by atoms with van der Waals surface area (Å²) in [5.74, 6) is -0.585. The lowest BCUT2D eigenvalue weighted by molar-refractivity contribution is -0.137. The van der Waals surface area contributed by atoms with Crippen molar-refractivity contribution in [3.05, 3.63) is 0 Å². The van der Waals surface area contributed by atoms with Crippen LogP contribution >= 0.6 is 11.8 Å². The summed E-state index contributed by atoms with van der Waals surface area (Å²) in [5, 5.41) is 25.1. The predicted octanol–water partition coefficient (Wildman–Crippen LogP) is 0.0872.